The van der Waals surface area contributed by atoms with Gasteiger partial charge in [-0.15, -0.1) is 5.10 Å². The van der Waals surface area contributed by atoms with Gasteiger partial charge in [-0.3, -0.25) is 14.3 Å². The third-order valence-corrected chi connectivity index (χ3v) is 8.45. The lowest BCUT2D eigenvalue weighted by molar-refractivity contribution is -0.131. The minimum atomic E-state index is -0.482. The maximum Gasteiger partial charge on any atom is 0.270 e. The molecule has 2 atom stereocenters. The average Bonchev–Trinajstić information content (AvgIpc) is 3.80. The number of halogens is 1. The Hall–Kier alpha value is -4.51. The first-order chi connectivity index (χ1) is 20.9. The highest BCUT2D eigenvalue weighted by molar-refractivity contribution is 6.05. The fourth-order valence-corrected chi connectivity index (χ4v) is 6.30. The third kappa shape index (κ3) is 5.52. The number of amides is 2. The zero-order valence-corrected chi connectivity index (χ0v) is 24.3. The second-order valence-corrected chi connectivity index (χ2v) is 11.3. The number of ether oxygens (including phenoxy) is 1. The smallest absolute Gasteiger partial charge is 0.270 e. The number of aromatic amines is 1. The number of nitrogens with one attached hydrogen (secondary N) is 1. The molecule has 2 aliphatic heterocycles. The van der Waals surface area contributed by atoms with Crippen LogP contribution in [-0.4, -0.2) is 86.1 Å². The van der Waals surface area contributed by atoms with Crippen LogP contribution in [0.5, 0.6) is 5.75 Å². The zero-order valence-electron chi connectivity index (χ0n) is 24.3. The number of benzene rings is 2. The molecule has 2 aromatic heterocycles. The van der Waals surface area contributed by atoms with E-state index in [0.717, 1.165) is 12.0 Å². The largest absolute Gasteiger partial charge is 0.496 e. The number of aliphatic hydroxyl groups excluding tert-OH is 1. The van der Waals surface area contributed by atoms with Crippen LogP contribution >= 0.6 is 0 Å². The van der Waals surface area contributed by atoms with Crippen molar-refractivity contribution in [2.45, 2.75) is 38.8 Å². The van der Waals surface area contributed by atoms with Crippen molar-refractivity contribution < 1.29 is 23.8 Å². The summed E-state index contributed by atoms with van der Waals surface area (Å²) < 4.78 is 23.7. The minimum absolute atomic E-state index is 0.0430. The van der Waals surface area contributed by atoms with E-state index >= 15 is 4.39 Å². The Labute approximate surface area is 248 Å². The van der Waals surface area contributed by atoms with Crippen molar-refractivity contribution in [3.63, 3.8) is 0 Å². The first-order valence-electron chi connectivity index (χ1n) is 14.6. The number of H-pyrrole nitrogens is 1. The molecule has 0 radical (unpaired) electrons. The molecule has 43 heavy (non-hydrogen) atoms. The second-order valence-electron chi connectivity index (χ2n) is 11.3. The number of hydrogen-bond acceptors (Lipinski definition) is 6. The Bertz CT molecular complexity index is 1680. The Balaban J connectivity index is 1.39. The highest BCUT2D eigenvalue weighted by Gasteiger charge is 2.34. The lowest BCUT2D eigenvalue weighted by Crippen LogP contribution is -2.37. The number of rotatable bonds is 8. The molecule has 224 valence electrons. The quantitative estimate of drug-likeness (QED) is 0.321. The molecule has 1 fully saturated rings. The molecule has 4 heterocycles. The average molecular weight is 587 g/mol. The molecule has 0 bridgehead atoms. The lowest BCUT2D eigenvalue weighted by Gasteiger charge is -2.28. The van der Waals surface area contributed by atoms with Crippen LogP contribution in [0.2, 0.25) is 0 Å². The summed E-state index contributed by atoms with van der Waals surface area (Å²) in [6.07, 6.45) is 6.83. The fraction of sp³-hybridized carbons (Fsp3) is 0.375. The van der Waals surface area contributed by atoms with Crippen LogP contribution in [0.15, 0.2) is 54.9 Å². The van der Waals surface area contributed by atoms with Gasteiger partial charge in [-0.2, -0.15) is 0 Å². The first-order valence-corrected chi connectivity index (χ1v) is 14.6. The normalized spacial score (nSPS) is 18.7. The number of para-hydroxylation sites is 1. The number of carbonyl (C=O) groups excluding carboxylic acids is 2. The monoisotopic (exact) mass is 586 g/mol. The second kappa shape index (κ2) is 12.0. The van der Waals surface area contributed by atoms with Gasteiger partial charge >= 0.3 is 0 Å². The number of aryl methyl sites for hydroxylation is 1. The van der Waals surface area contributed by atoms with E-state index in [9.17, 15) is 14.7 Å². The van der Waals surface area contributed by atoms with E-state index in [0.29, 0.717) is 53.9 Å². The number of nitrogens with zero attached hydrogens (tertiary/aromatic N) is 5. The van der Waals surface area contributed by atoms with Crippen molar-refractivity contribution in [3.05, 3.63) is 71.9 Å². The van der Waals surface area contributed by atoms with E-state index in [1.165, 1.54) is 0 Å². The number of methoxy groups -OCH3 is 1. The molecule has 4 aromatic rings. The summed E-state index contributed by atoms with van der Waals surface area (Å²) in [5.74, 6) is 0.0836. The van der Waals surface area contributed by atoms with Crippen LogP contribution < -0.4 is 4.74 Å². The molecule has 1 saturated heterocycles. The molecular weight excluding hydrogens is 551 g/mol. The van der Waals surface area contributed by atoms with E-state index in [1.54, 1.807) is 46.1 Å². The SMILES string of the molecule is COc1ccccc1-c1cc(C2=CCCN(C(=O)CCn3ccnn3)C2)c(F)c2[nH]c(C(=O)N3C[C@@H](C)C[C@H]3CO)cc12. The lowest BCUT2D eigenvalue weighted by atomic mass is 9.93. The van der Waals surface area contributed by atoms with E-state index in [2.05, 4.69) is 15.3 Å². The molecule has 2 aliphatic rings. The van der Waals surface area contributed by atoms with Crippen molar-refractivity contribution in [1.82, 2.24) is 29.8 Å². The van der Waals surface area contributed by atoms with Crippen LogP contribution in [0, 0.1) is 11.7 Å². The van der Waals surface area contributed by atoms with Crippen molar-refractivity contribution in [3.8, 4) is 16.9 Å². The zero-order chi connectivity index (χ0) is 30.1. The molecule has 2 aromatic carbocycles. The van der Waals surface area contributed by atoms with Crippen molar-refractivity contribution in [1.29, 1.82) is 0 Å². The summed E-state index contributed by atoms with van der Waals surface area (Å²) in [6, 6.07) is 10.7. The summed E-state index contributed by atoms with van der Waals surface area (Å²) in [7, 11) is 1.59. The predicted molar refractivity (Wildman–Crippen MR) is 160 cm³/mol. The minimum Gasteiger partial charge on any atom is -0.496 e. The van der Waals surface area contributed by atoms with Gasteiger partial charge in [0, 0.05) is 48.8 Å². The van der Waals surface area contributed by atoms with E-state index in [-0.39, 0.29) is 54.6 Å². The van der Waals surface area contributed by atoms with Gasteiger partial charge in [-0.25, -0.2) is 4.39 Å². The summed E-state index contributed by atoms with van der Waals surface area (Å²) in [6.45, 7) is 3.68. The maximum atomic E-state index is 16.5. The number of hydrogen-bond donors (Lipinski definition) is 2. The Kier molecular flexibility index (Phi) is 7.98. The Morgan fingerprint density at radius 1 is 1.19 bits per heavy atom. The summed E-state index contributed by atoms with van der Waals surface area (Å²) in [5.41, 5.74) is 3.01. The van der Waals surface area contributed by atoms with Gasteiger partial charge in [0.1, 0.15) is 11.4 Å². The van der Waals surface area contributed by atoms with Gasteiger partial charge < -0.3 is 24.6 Å². The molecular formula is C32H35FN6O4. The number of likely N-dealkylation sites (tertiary alicyclic amines) is 1. The standard InChI is InChI=1S/C32H35FN6O4/c1-20-14-22(19-40)39(17-20)32(42)27-16-26-25(23-7-3-4-8-28(23)43-2)15-24(30(33)31(26)35-27)21-6-5-11-37(18-21)29(41)9-12-38-13-10-34-36-38/h3-4,6-8,10,13,15-16,20,22,35,40H,5,9,11-12,14,17-19H2,1-2H3/t20-,22-/m0/s1. The van der Waals surface area contributed by atoms with Gasteiger partial charge in [0.25, 0.3) is 5.91 Å². The molecule has 0 unspecified atom stereocenters. The summed E-state index contributed by atoms with van der Waals surface area (Å²) in [4.78, 5) is 33.2. The van der Waals surface area contributed by atoms with Gasteiger partial charge in [0.15, 0.2) is 5.82 Å². The highest BCUT2D eigenvalue weighted by atomic mass is 19.1. The van der Waals surface area contributed by atoms with E-state index in [4.69, 9.17) is 4.74 Å². The third-order valence-electron chi connectivity index (χ3n) is 8.45. The summed E-state index contributed by atoms with van der Waals surface area (Å²) >= 11 is 0. The van der Waals surface area contributed by atoms with Gasteiger partial charge in [0.05, 0.1) is 38.0 Å². The van der Waals surface area contributed by atoms with Gasteiger partial charge in [-0.1, -0.05) is 36.4 Å². The number of fused-ring (bicyclic) bond motifs is 1. The number of aromatic nitrogens is 4. The predicted octanol–water partition coefficient (Wildman–Crippen LogP) is 4.12. The first kappa shape index (κ1) is 28.6. The van der Waals surface area contributed by atoms with Crippen molar-refractivity contribution >= 4 is 28.3 Å². The van der Waals surface area contributed by atoms with E-state index in [1.807, 2.05) is 37.3 Å². The molecule has 2 N–H and O–H groups in total. The molecule has 0 aliphatic carbocycles. The van der Waals surface area contributed by atoms with Crippen molar-refractivity contribution in [2.75, 3.05) is 33.4 Å². The molecule has 6 rings (SSSR count). The van der Waals surface area contributed by atoms with Crippen LogP contribution in [0.25, 0.3) is 27.6 Å². The highest BCUT2D eigenvalue weighted by Crippen LogP contribution is 2.40. The molecule has 2 amide bonds. The molecule has 11 heteroatoms. The van der Waals surface area contributed by atoms with Gasteiger partial charge in [0.2, 0.25) is 5.91 Å². The van der Waals surface area contributed by atoms with Gasteiger partial charge in [-0.05, 0) is 48.1 Å². The van der Waals surface area contributed by atoms with Crippen LogP contribution in [0.3, 0.4) is 0 Å². The van der Waals surface area contributed by atoms with Crippen LogP contribution in [-0.2, 0) is 11.3 Å². The maximum absolute atomic E-state index is 16.5. The topological polar surface area (TPSA) is 117 Å². The molecule has 0 spiro atoms. The Morgan fingerprint density at radius 3 is 2.79 bits per heavy atom. The molecule has 0 saturated carbocycles. The van der Waals surface area contributed by atoms with E-state index < -0.39 is 5.82 Å². The molecule has 10 nitrogen and oxygen atoms in total. The van der Waals surface area contributed by atoms with Crippen molar-refractivity contribution in [2.24, 2.45) is 5.92 Å². The number of aliphatic hydroxyl groups is 1. The Morgan fingerprint density at radius 2 is 2.02 bits per heavy atom. The van der Waals surface area contributed by atoms with Crippen LogP contribution in [0.4, 0.5) is 4.39 Å². The summed E-state index contributed by atoms with van der Waals surface area (Å²) in [5, 5.41) is 18.1. The number of carbonyl (C=O) groups is 2. The van der Waals surface area contributed by atoms with Crippen LogP contribution in [0.1, 0.15) is 42.2 Å². The fourth-order valence-electron chi connectivity index (χ4n) is 6.30.